The molecule has 2 aromatic carbocycles. The predicted molar refractivity (Wildman–Crippen MR) is 108 cm³/mol. The van der Waals surface area contributed by atoms with Crippen LogP contribution in [-0.4, -0.2) is 42.4 Å². The molecule has 0 aromatic heterocycles. The highest BCUT2D eigenvalue weighted by Gasteiger charge is 2.25. The van der Waals surface area contributed by atoms with Crippen LogP contribution in [0.2, 0.25) is 0 Å². The molecule has 1 atom stereocenters. The number of amides is 1. The molecule has 1 heterocycles. The van der Waals surface area contributed by atoms with Crippen LogP contribution in [0.4, 0.5) is 0 Å². The van der Waals surface area contributed by atoms with Gasteiger partial charge >= 0.3 is 0 Å². The molecule has 5 heteroatoms. The van der Waals surface area contributed by atoms with Crippen LogP contribution >= 0.6 is 0 Å². The van der Waals surface area contributed by atoms with Crippen LogP contribution < -0.4 is 10.6 Å². The van der Waals surface area contributed by atoms with Gasteiger partial charge in [0.1, 0.15) is 0 Å². The third-order valence-corrected chi connectivity index (χ3v) is 5.03. The molecule has 1 saturated heterocycles. The lowest BCUT2D eigenvalue weighted by Gasteiger charge is -2.10. The molecule has 1 amide bonds. The Balaban J connectivity index is 1.36. The highest BCUT2D eigenvalue weighted by atomic mass is 16.1. The van der Waals surface area contributed by atoms with Crippen molar-refractivity contribution < 1.29 is 4.79 Å². The minimum absolute atomic E-state index is 0.0195. The fraction of sp³-hybridized carbons (Fsp3) is 0.364. The minimum atomic E-state index is 0.0195. The van der Waals surface area contributed by atoms with E-state index < -0.39 is 0 Å². The van der Waals surface area contributed by atoms with E-state index in [1.807, 2.05) is 30.3 Å². The molecule has 2 fully saturated rings. The standard InChI is InChI=1S/C22H26N4O/c1-26-15-20(13-16-6-3-2-4-7-16)25-22(26)23-14-17-8-5-9-18(12-17)21(27)24-19-10-11-19/h2-9,12,19-20H,10-11,13-15H2,1H3,(H,23,25)(H,24,27). The quantitative estimate of drug-likeness (QED) is 0.830. The number of hydrogen-bond acceptors (Lipinski definition) is 2. The van der Waals surface area contributed by atoms with Crippen molar-refractivity contribution >= 4 is 11.9 Å². The monoisotopic (exact) mass is 362 g/mol. The third-order valence-electron chi connectivity index (χ3n) is 5.03. The van der Waals surface area contributed by atoms with E-state index in [1.165, 1.54) is 5.56 Å². The zero-order valence-electron chi connectivity index (χ0n) is 15.7. The van der Waals surface area contributed by atoms with Crippen molar-refractivity contribution in [2.45, 2.75) is 37.9 Å². The summed E-state index contributed by atoms with van der Waals surface area (Å²) >= 11 is 0. The van der Waals surface area contributed by atoms with E-state index in [-0.39, 0.29) is 5.91 Å². The van der Waals surface area contributed by atoms with E-state index in [1.54, 1.807) is 0 Å². The first kappa shape index (κ1) is 17.6. The van der Waals surface area contributed by atoms with Crippen LogP contribution in [-0.2, 0) is 13.0 Å². The Bertz CT molecular complexity index is 829. The normalized spacial score (nSPS) is 20.6. The van der Waals surface area contributed by atoms with Gasteiger partial charge in [-0.05, 0) is 42.5 Å². The van der Waals surface area contributed by atoms with Crippen molar-refractivity contribution in [3.05, 3.63) is 71.3 Å². The van der Waals surface area contributed by atoms with E-state index in [9.17, 15) is 4.79 Å². The number of carbonyl (C=O) groups is 1. The minimum Gasteiger partial charge on any atom is -0.351 e. The zero-order chi connectivity index (χ0) is 18.6. The van der Waals surface area contributed by atoms with Gasteiger partial charge in [0.25, 0.3) is 5.91 Å². The summed E-state index contributed by atoms with van der Waals surface area (Å²) < 4.78 is 0. The van der Waals surface area contributed by atoms with Crippen molar-refractivity contribution in [2.24, 2.45) is 4.99 Å². The van der Waals surface area contributed by atoms with E-state index in [4.69, 9.17) is 4.99 Å². The number of aliphatic imine (C=N–C) groups is 1. The molecule has 2 aromatic rings. The lowest BCUT2D eigenvalue weighted by Crippen LogP contribution is -2.30. The molecule has 0 radical (unpaired) electrons. The van der Waals surface area contributed by atoms with Gasteiger partial charge < -0.3 is 15.5 Å². The topological polar surface area (TPSA) is 56.7 Å². The first-order valence-corrected chi connectivity index (χ1v) is 9.63. The van der Waals surface area contributed by atoms with Gasteiger partial charge in [-0.25, -0.2) is 4.99 Å². The summed E-state index contributed by atoms with van der Waals surface area (Å²) in [5.74, 6) is 0.940. The Labute approximate surface area is 160 Å². The van der Waals surface area contributed by atoms with Crippen LogP contribution in [0, 0.1) is 0 Å². The molecule has 5 nitrogen and oxygen atoms in total. The number of carbonyl (C=O) groups excluding carboxylic acids is 1. The second-order valence-electron chi connectivity index (χ2n) is 7.50. The van der Waals surface area contributed by atoms with E-state index in [0.29, 0.717) is 24.2 Å². The van der Waals surface area contributed by atoms with Crippen molar-refractivity contribution in [2.75, 3.05) is 13.6 Å². The first-order chi connectivity index (χ1) is 13.2. The summed E-state index contributed by atoms with van der Waals surface area (Å²) in [4.78, 5) is 19.1. The van der Waals surface area contributed by atoms with Crippen LogP contribution in [0.5, 0.6) is 0 Å². The highest BCUT2D eigenvalue weighted by molar-refractivity contribution is 5.94. The fourth-order valence-corrected chi connectivity index (χ4v) is 3.41. The predicted octanol–water partition coefficient (Wildman–Crippen LogP) is 2.58. The molecule has 27 heavy (non-hydrogen) atoms. The molecule has 2 aliphatic rings. The Morgan fingerprint density at radius 3 is 2.70 bits per heavy atom. The summed E-state index contributed by atoms with van der Waals surface area (Å²) in [6.07, 6.45) is 3.18. The van der Waals surface area contributed by atoms with Gasteiger partial charge in [0.15, 0.2) is 5.96 Å². The van der Waals surface area contributed by atoms with Gasteiger partial charge in [0.05, 0.1) is 12.6 Å². The van der Waals surface area contributed by atoms with Gasteiger partial charge in [0.2, 0.25) is 0 Å². The fourth-order valence-electron chi connectivity index (χ4n) is 3.41. The highest BCUT2D eigenvalue weighted by Crippen LogP contribution is 2.19. The van der Waals surface area contributed by atoms with Gasteiger partial charge in [0, 0.05) is 25.2 Å². The lowest BCUT2D eigenvalue weighted by atomic mass is 10.1. The maximum atomic E-state index is 12.2. The largest absolute Gasteiger partial charge is 0.351 e. The molecular weight excluding hydrogens is 336 g/mol. The van der Waals surface area contributed by atoms with E-state index in [0.717, 1.165) is 37.3 Å². The number of likely N-dealkylation sites (N-methyl/N-ethyl adjacent to an activating group) is 1. The van der Waals surface area contributed by atoms with E-state index >= 15 is 0 Å². The summed E-state index contributed by atoms with van der Waals surface area (Å²) in [5.41, 5.74) is 3.10. The van der Waals surface area contributed by atoms with Crippen molar-refractivity contribution in [1.29, 1.82) is 0 Å². The number of nitrogens with zero attached hydrogens (tertiary/aromatic N) is 2. The number of hydrogen-bond donors (Lipinski definition) is 2. The Morgan fingerprint density at radius 1 is 1.15 bits per heavy atom. The molecule has 140 valence electrons. The maximum Gasteiger partial charge on any atom is 0.251 e. The number of nitrogens with one attached hydrogen (secondary N) is 2. The lowest BCUT2D eigenvalue weighted by molar-refractivity contribution is 0.0951. The number of rotatable bonds is 6. The third kappa shape index (κ3) is 4.67. The molecule has 0 bridgehead atoms. The number of guanidine groups is 1. The first-order valence-electron chi connectivity index (χ1n) is 9.63. The average molecular weight is 362 g/mol. The molecule has 4 rings (SSSR count). The van der Waals surface area contributed by atoms with Gasteiger partial charge in [-0.3, -0.25) is 4.79 Å². The molecule has 1 saturated carbocycles. The van der Waals surface area contributed by atoms with Crippen molar-refractivity contribution in [3.8, 4) is 0 Å². The summed E-state index contributed by atoms with van der Waals surface area (Å²) in [7, 11) is 2.07. The summed E-state index contributed by atoms with van der Waals surface area (Å²) in [5, 5.41) is 6.56. The second-order valence-corrected chi connectivity index (χ2v) is 7.50. The zero-order valence-corrected chi connectivity index (χ0v) is 15.7. The van der Waals surface area contributed by atoms with Crippen molar-refractivity contribution in [3.63, 3.8) is 0 Å². The summed E-state index contributed by atoms with van der Waals surface area (Å²) in [6, 6.07) is 19.0. The molecule has 0 spiro atoms. The van der Waals surface area contributed by atoms with Crippen LogP contribution in [0.25, 0.3) is 0 Å². The van der Waals surface area contributed by atoms with Gasteiger partial charge in [-0.2, -0.15) is 0 Å². The Morgan fingerprint density at radius 2 is 1.93 bits per heavy atom. The van der Waals surface area contributed by atoms with Crippen LogP contribution in [0.15, 0.2) is 59.6 Å². The second kappa shape index (κ2) is 7.82. The Kier molecular flexibility index (Phi) is 5.10. The van der Waals surface area contributed by atoms with Crippen molar-refractivity contribution in [1.82, 2.24) is 15.5 Å². The summed E-state index contributed by atoms with van der Waals surface area (Å²) in [6.45, 7) is 1.51. The SMILES string of the molecule is CN1CC(Cc2ccccc2)NC1=NCc1cccc(C(=O)NC2CC2)c1. The average Bonchev–Trinajstić information content (AvgIpc) is 3.43. The van der Waals surface area contributed by atoms with E-state index in [2.05, 4.69) is 46.8 Å². The number of benzene rings is 2. The maximum absolute atomic E-state index is 12.2. The molecule has 2 N–H and O–H groups in total. The smallest absolute Gasteiger partial charge is 0.251 e. The molecule has 1 unspecified atom stereocenters. The van der Waals surface area contributed by atoms with Gasteiger partial charge in [-0.1, -0.05) is 42.5 Å². The Hall–Kier alpha value is -2.82. The van der Waals surface area contributed by atoms with Crippen LogP contribution in [0.3, 0.4) is 0 Å². The molecular formula is C22H26N4O. The molecule has 1 aliphatic carbocycles. The van der Waals surface area contributed by atoms with Gasteiger partial charge in [-0.15, -0.1) is 0 Å². The van der Waals surface area contributed by atoms with Crippen LogP contribution in [0.1, 0.15) is 34.3 Å². The molecule has 1 aliphatic heterocycles.